The first-order valence-corrected chi connectivity index (χ1v) is 7.32. The molecule has 1 amide bonds. The molecule has 0 saturated heterocycles. The third-order valence-electron chi connectivity index (χ3n) is 3.41. The number of aryl methyl sites for hydroxylation is 1. The average Bonchev–Trinajstić information content (AvgIpc) is 2.82. The summed E-state index contributed by atoms with van der Waals surface area (Å²) in [6, 6.07) is 5.91. The van der Waals surface area contributed by atoms with Gasteiger partial charge in [-0.05, 0) is 30.2 Å². The molecule has 5 nitrogen and oxygen atoms in total. The van der Waals surface area contributed by atoms with Gasteiger partial charge in [-0.2, -0.15) is 0 Å². The second kappa shape index (κ2) is 5.34. The number of amides is 1. The minimum atomic E-state index is -0.565. The Kier molecular flexibility index (Phi) is 3.50. The average molecular weight is 317 g/mol. The molecule has 0 fully saturated rings. The van der Waals surface area contributed by atoms with Crippen LogP contribution in [0.2, 0.25) is 0 Å². The number of benzene rings is 1. The van der Waals surface area contributed by atoms with E-state index in [1.54, 1.807) is 19.1 Å². The van der Waals surface area contributed by atoms with Crippen LogP contribution in [-0.4, -0.2) is 15.5 Å². The van der Waals surface area contributed by atoms with Crippen molar-refractivity contribution in [1.29, 1.82) is 0 Å². The van der Waals surface area contributed by atoms with Crippen LogP contribution in [0.15, 0.2) is 35.4 Å². The van der Waals surface area contributed by atoms with Crippen molar-refractivity contribution in [3.05, 3.63) is 62.8 Å². The molecule has 0 aliphatic carbocycles. The normalized spacial score (nSPS) is 11.0. The van der Waals surface area contributed by atoms with Crippen LogP contribution in [0.4, 0.5) is 4.39 Å². The van der Waals surface area contributed by atoms with Gasteiger partial charge in [-0.1, -0.05) is 12.1 Å². The summed E-state index contributed by atoms with van der Waals surface area (Å²) in [6.45, 7) is 1.97. The van der Waals surface area contributed by atoms with Crippen molar-refractivity contribution in [3.63, 3.8) is 0 Å². The minimum absolute atomic E-state index is 0.240. The summed E-state index contributed by atoms with van der Waals surface area (Å²) >= 11 is 1.11. The Labute approximate surface area is 128 Å². The van der Waals surface area contributed by atoms with Crippen molar-refractivity contribution < 1.29 is 9.18 Å². The van der Waals surface area contributed by atoms with E-state index in [4.69, 9.17) is 5.73 Å². The van der Waals surface area contributed by atoms with E-state index in [-0.39, 0.29) is 17.9 Å². The number of nitrogens with two attached hydrogens (primary N) is 1. The predicted octanol–water partition coefficient (Wildman–Crippen LogP) is 2.05. The summed E-state index contributed by atoms with van der Waals surface area (Å²) in [4.78, 5) is 29.0. The molecule has 2 N–H and O–H groups in total. The van der Waals surface area contributed by atoms with Gasteiger partial charge in [0.25, 0.3) is 11.5 Å². The van der Waals surface area contributed by atoms with Crippen LogP contribution in [-0.2, 0) is 6.54 Å². The Hall–Kier alpha value is -2.54. The van der Waals surface area contributed by atoms with Crippen LogP contribution in [0.1, 0.15) is 20.8 Å². The number of primary amides is 1. The van der Waals surface area contributed by atoms with Gasteiger partial charge in [0, 0.05) is 0 Å². The zero-order valence-corrected chi connectivity index (χ0v) is 12.5. The van der Waals surface area contributed by atoms with Crippen LogP contribution in [0, 0.1) is 12.7 Å². The van der Waals surface area contributed by atoms with Crippen molar-refractivity contribution in [1.82, 2.24) is 9.55 Å². The molecule has 0 radical (unpaired) electrons. The lowest BCUT2D eigenvalue weighted by Crippen LogP contribution is -2.21. The number of nitrogens with zero attached hydrogens (tertiary/aromatic N) is 2. The van der Waals surface area contributed by atoms with E-state index in [2.05, 4.69) is 4.98 Å². The van der Waals surface area contributed by atoms with E-state index in [0.717, 1.165) is 16.9 Å². The number of halogens is 1. The van der Waals surface area contributed by atoms with Gasteiger partial charge in [0.1, 0.15) is 10.6 Å². The molecular weight excluding hydrogens is 305 g/mol. The number of carbonyl (C=O) groups is 1. The lowest BCUT2D eigenvalue weighted by atomic mass is 10.2. The SMILES string of the molecule is Cc1c(C(N)=O)sc2ncn(Cc3ccc(F)cc3)c(=O)c12. The fourth-order valence-corrected chi connectivity index (χ4v) is 3.28. The summed E-state index contributed by atoms with van der Waals surface area (Å²) in [5, 5.41) is 0.406. The van der Waals surface area contributed by atoms with Crippen LogP contribution in [0.5, 0.6) is 0 Å². The monoisotopic (exact) mass is 317 g/mol. The summed E-state index contributed by atoms with van der Waals surface area (Å²) < 4.78 is 14.4. The molecule has 2 heterocycles. The number of rotatable bonds is 3. The minimum Gasteiger partial charge on any atom is -0.365 e. The zero-order valence-electron chi connectivity index (χ0n) is 11.7. The lowest BCUT2D eigenvalue weighted by molar-refractivity contribution is 0.100. The number of fused-ring (bicyclic) bond motifs is 1. The van der Waals surface area contributed by atoms with Crippen LogP contribution in [0.25, 0.3) is 10.2 Å². The van der Waals surface area contributed by atoms with Gasteiger partial charge in [-0.25, -0.2) is 9.37 Å². The van der Waals surface area contributed by atoms with Crippen molar-refractivity contribution >= 4 is 27.5 Å². The maximum atomic E-state index is 12.9. The highest BCUT2D eigenvalue weighted by molar-refractivity contribution is 7.20. The number of aromatic nitrogens is 2. The quantitative estimate of drug-likeness (QED) is 0.803. The molecule has 0 saturated carbocycles. The molecule has 112 valence electrons. The third-order valence-corrected chi connectivity index (χ3v) is 4.62. The molecular formula is C15H12FN3O2S. The summed E-state index contributed by atoms with van der Waals surface area (Å²) in [7, 11) is 0. The fourth-order valence-electron chi connectivity index (χ4n) is 2.29. The fraction of sp³-hybridized carbons (Fsp3) is 0.133. The molecule has 3 rings (SSSR count). The maximum absolute atomic E-state index is 12.9. The standard InChI is InChI=1S/C15H12FN3O2S/c1-8-11-14(22-12(8)13(17)20)18-7-19(15(11)21)6-9-2-4-10(16)5-3-9/h2-5,7H,6H2,1H3,(H2,17,20). The van der Waals surface area contributed by atoms with Gasteiger partial charge >= 0.3 is 0 Å². The van der Waals surface area contributed by atoms with Crippen LogP contribution in [0.3, 0.4) is 0 Å². The van der Waals surface area contributed by atoms with E-state index in [1.165, 1.54) is 23.0 Å². The lowest BCUT2D eigenvalue weighted by Gasteiger charge is -2.05. The summed E-state index contributed by atoms with van der Waals surface area (Å²) in [6.07, 6.45) is 1.43. The highest BCUT2D eigenvalue weighted by atomic mass is 32.1. The van der Waals surface area contributed by atoms with Crippen molar-refractivity contribution in [3.8, 4) is 0 Å². The van der Waals surface area contributed by atoms with Gasteiger partial charge in [0.05, 0.1) is 23.1 Å². The number of carbonyl (C=O) groups excluding carboxylic acids is 1. The summed E-state index contributed by atoms with van der Waals surface area (Å²) in [5.41, 5.74) is 6.40. The topological polar surface area (TPSA) is 78.0 Å². The highest BCUT2D eigenvalue weighted by Crippen LogP contribution is 2.26. The summed E-state index contributed by atoms with van der Waals surface area (Å²) in [5.74, 6) is -0.894. The van der Waals surface area contributed by atoms with Crippen LogP contribution < -0.4 is 11.3 Å². The largest absolute Gasteiger partial charge is 0.365 e. The Morgan fingerprint density at radius 1 is 1.36 bits per heavy atom. The first-order chi connectivity index (χ1) is 10.5. The van der Waals surface area contributed by atoms with Gasteiger partial charge in [0.2, 0.25) is 0 Å². The number of thiophene rings is 1. The van der Waals surface area contributed by atoms with E-state index in [1.807, 2.05) is 0 Å². The predicted molar refractivity (Wildman–Crippen MR) is 82.6 cm³/mol. The van der Waals surface area contributed by atoms with E-state index >= 15 is 0 Å². The molecule has 0 unspecified atom stereocenters. The second-order valence-electron chi connectivity index (χ2n) is 4.90. The Morgan fingerprint density at radius 2 is 2.05 bits per heavy atom. The number of hydrogen-bond acceptors (Lipinski definition) is 4. The third kappa shape index (κ3) is 2.39. The Bertz CT molecular complexity index is 928. The molecule has 1 aromatic carbocycles. The molecule has 0 atom stereocenters. The smallest absolute Gasteiger partial charge is 0.262 e. The first-order valence-electron chi connectivity index (χ1n) is 6.50. The molecule has 22 heavy (non-hydrogen) atoms. The van der Waals surface area contributed by atoms with Crippen molar-refractivity contribution in [2.24, 2.45) is 5.73 Å². The van der Waals surface area contributed by atoms with E-state index in [9.17, 15) is 14.0 Å². The molecule has 2 aromatic heterocycles. The first kappa shape index (κ1) is 14.4. The number of hydrogen-bond donors (Lipinski definition) is 1. The Balaban J connectivity index is 2.10. The molecule has 7 heteroatoms. The Morgan fingerprint density at radius 3 is 2.68 bits per heavy atom. The maximum Gasteiger partial charge on any atom is 0.262 e. The van der Waals surface area contributed by atoms with Gasteiger partial charge in [0.15, 0.2) is 0 Å². The highest BCUT2D eigenvalue weighted by Gasteiger charge is 2.17. The van der Waals surface area contributed by atoms with Gasteiger partial charge < -0.3 is 5.73 Å². The van der Waals surface area contributed by atoms with E-state index in [0.29, 0.717) is 20.7 Å². The van der Waals surface area contributed by atoms with Crippen molar-refractivity contribution in [2.75, 3.05) is 0 Å². The van der Waals surface area contributed by atoms with Gasteiger partial charge in [-0.3, -0.25) is 14.2 Å². The van der Waals surface area contributed by atoms with Crippen LogP contribution >= 0.6 is 11.3 Å². The molecule has 0 aliphatic heterocycles. The zero-order chi connectivity index (χ0) is 15.9. The van der Waals surface area contributed by atoms with Crippen molar-refractivity contribution in [2.45, 2.75) is 13.5 Å². The molecule has 0 spiro atoms. The second-order valence-corrected chi connectivity index (χ2v) is 5.90. The molecule has 0 aliphatic rings. The molecule has 0 bridgehead atoms. The molecule has 3 aromatic rings. The van der Waals surface area contributed by atoms with E-state index < -0.39 is 5.91 Å². The van der Waals surface area contributed by atoms with Gasteiger partial charge in [-0.15, -0.1) is 11.3 Å².